The Morgan fingerprint density at radius 1 is 0.280 bits per heavy atom. The number of rotatable bonds is 10. The molecule has 0 atom stereocenters. The molecule has 3 heteroatoms. The van der Waals surface area contributed by atoms with Crippen LogP contribution in [0.1, 0.15) is 22.3 Å². The molecule has 0 radical (unpaired) electrons. The highest BCUT2D eigenvalue weighted by Crippen LogP contribution is 2.57. The lowest BCUT2D eigenvalue weighted by Crippen LogP contribution is -2.28. The van der Waals surface area contributed by atoms with Crippen molar-refractivity contribution in [2.45, 2.75) is 5.41 Å². The maximum Gasteiger partial charge on any atom is 0.143 e. The Bertz CT molecular complexity index is 4830. The van der Waals surface area contributed by atoms with Crippen LogP contribution < -0.4 is 4.90 Å². The molecule has 0 bridgehead atoms. The van der Waals surface area contributed by atoms with Crippen molar-refractivity contribution in [2.75, 3.05) is 4.90 Å². The lowest BCUT2D eigenvalue weighted by Gasteiger charge is -2.34. The van der Waals surface area contributed by atoms with Gasteiger partial charge in [-0.05, 0) is 157 Å². The van der Waals surface area contributed by atoms with Crippen molar-refractivity contribution in [1.82, 2.24) is 4.57 Å². The Balaban J connectivity index is 0.753. The number of para-hydroxylation sites is 3. The van der Waals surface area contributed by atoms with Gasteiger partial charge in [0, 0.05) is 49.9 Å². The van der Waals surface area contributed by atoms with E-state index >= 15 is 0 Å². The van der Waals surface area contributed by atoms with Crippen LogP contribution in [0.2, 0.25) is 0 Å². The topological polar surface area (TPSA) is 21.3 Å². The lowest BCUT2D eigenvalue weighted by atomic mass is 9.67. The third-order valence-corrected chi connectivity index (χ3v) is 17.1. The zero-order valence-electron chi connectivity index (χ0n) is 44.8. The van der Waals surface area contributed by atoms with Crippen molar-refractivity contribution < 1.29 is 4.42 Å². The van der Waals surface area contributed by atoms with E-state index in [0.29, 0.717) is 0 Å². The van der Waals surface area contributed by atoms with Crippen LogP contribution in [0.5, 0.6) is 0 Å². The van der Waals surface area contributed by atoms with Crippen molar-refractivity contribution in [3.8, 4) is 61.3 Å². The maximum atomic E-state index is 6.86. The quantitative estimate of drug-likeness (QED) is 0.136. The van der Waals surface area contributed by atoms with E-state index in [0.717, 1.165) is 66.9 Å². The van der Waals surface area contributed by atoms with Crippen molar-refractivity contribution in [2.24, 2.45) is 0 Å². The number of benzene rings is 13. The van der Waals surface area contributed by atoms with E-state index in [-0.39, 0.29) is 0 Å². The van der Waals surface area contributed by atoms with Crippen LogP contribution in [-0.4, -0.2) is 4.57 Å². The Labute approximate surface area is 476 Å². The van der Waals surface area contributed by atoms with E-state index in [2.05, 4.69) is 325 Å². The summed E-state index contributed by atoms with van der Waals surface area (Å²) in [7, 11) is 0. The summed E-state index contributed by atoms with van der Waals surface area (Å²) in [6.45, 7) is 0. The number of anilines is 3. The first-order valence-corrected chi connectivity index (χ1v) is 28.2. The van der Waals surface area contributed by atoms with Gasteiger partial charge < -0.3 is 13.9 Å². The van der Waals surface area contributed by atoms with Gasteiger partial charge in [0.05, 0.1) is 16.4 Å². The molecule has 82 heavy (non-hydrogen) atoms. The van der Waals surface area contributed by atoms with Gasteiger partial charge in [0.1, 0.15) is 11.2 Å². The molecule has 2 heterocycles. The molecule has 0 saturated heterocycles. The third-order valence-electron chi connectivity index (χ3n) is 17.1. The summed E-state index contributed by atoms with van der Waals surface area (Å²) in [5.41, 5.74) is 24.9. The number of furan rings is 1. The summed E-state index contributed by atoms with van der Waals surface area (Å²) in [5.74, 6) is 0. The summed E-state index contributed by atoms with van der Waals surface area (Å²) < 4.78 is 9.23. The maximum absolute atomic E-state index is 6.86. The average molecular weight is 1050 g/mol. The van der Waals surface area contributed by atoms with Gasteiger partial charge in [-0.15, -0.1) is 0 Å². The summed E-state index contributed by atoms with van der Waals surface area (Å²) in [4.78, 5) is 2.35. The molecule has 16 rings (SSSR count). The SMILES string of the molecule is c1ccc(-c2ccc(N(c3ccc(-c4ccc5c(c4)c4ccccc4n5-c4ccccc4)cc3)c3ccc(-c4cccc5c4oc4ccc(-c6ccc7c(c6)C(c6ccccc6)(c6ccccc6)c6ccccc6-7)cc45)cc3)cc2)cc1. The van der Waals surface area contributed by atoms with E-state index in [1.807, 2.05) is 0 Å². The number of nitrogens with zero attached hydrogens (tertiary/aromatic N) is 2. The van der Waals surface area contributed by atoms with Gasteiger partial charge in [-0.2, -0.15) is 0 Å². The average Bonchev–Trinajstić information content (AvgIpc) is 4.38. The highest BCUT2D eigenvalue weighted by atomic mass is 16.3. The fourth-order valence-electron chi connectivity index (χ4n) is 13.3. The Morgan fingerprint density at radius 2 is 0.744 bits per heavy atom. The monoisotopic (exact) mass is 1040 g/mol. The van der Waals surface area contributed by atoms with Crippen LogP contribution in [0.3, 0.4) is 0 Å². The van der Waals surface area contributed by atoms with Crippen LogP contribution >= 0.6 is 0 Å². The molecule has 13 aromatic carbocycles. The van der Waals surface area contributed by atoms with Crippen LogP contribution in [0.15, 0.2) is 320 Å². The summed E-state index contributed by atoms with van der Waals surface area (Å²) >= 11 is 0. The fourth-order valence-corrected chi connectivity index (χ4v) is 13.3. The van der Waals surface area contributed by atoms with Gasteiger partial charge in [0.2, 0.25) is 0 Å². The Morgan fingerprint density at radius 3 is 1.44 bits per heavy atom. The van der Waals surface area contributed by atoms with Gasteiger partial charge in [0.15, 0.2) is 0 Å². The van der Waals surface area contributed by atoms with Crippen LogP contribution in [0, 0.1) is 0 Å². The molecule has 0 spiro atoms. The van der Waals surface area contributed by atoms with Crippen molar-refractivity contribution >= 4 is 60.8 Å². The zero-order chi connectivity index (χ0) is 54.1. The van der Waals surface area contributed by atoms with E-state index in [4.69, 9.17) is 4.42 Å². The van der Waals surface area contributed by atoms with Gasteiger partial charge >= 0.3 is 0 Å². The molecule has 3 nitrogen and oxygen atoms in total. The molecular weight excluding hydrogens is 993 g/mol. The minimum Gasteiger partial charge on any atom is -0.455 e. The lowest BCUT2D eigenvalue weighted by molar-refractivity contribution is 0.670. The zero-order valence-corrected chi connectivity index (χ0v) is 44.8. The first-order chi connectivity index (χ1) is 40.7. The van der Waals surface area contributed by atoms with Gasteiger partial charge in [-0.25, -0.2) is 0 Å². The fraction of sp³-hybridized carbons (Fsp3) is 0.0127. The first kappa shape index (κ1) is 47.3. The molecule has 0 N–H and O–H groups in total. The minimum absolute atomic E-state index is 0.472. The largest absolute Gasteiger partial charge is 0.455 e. The Kier molecular flexibility index (Phi) is 11.1. The van der Waals surface area contributed by atoms with Crippen molar-refractivity contribution in [1.29, 1.82) is 0 Å². The highest BCUT2D eigenvalue weighted by molar-refractivity contribution is 6.12. The highest BCUT2D eigenvalue weighted by Gasteiger charge is 2.46. The molecule has 2 aromatic heterocycles. The Hall–Kier alpha value is -10.7. The smallest absolute Gasteiger partial charge is 0.143 e. The predicted octanol–water partition coefficient (Wildman–Crippen LogP) is 21.2. The summed E-state index contributed by atoms with van der Waals surface area (Å²) in [5, 5.41) is 4.67. The molecule has 384 valence electrons. The molecule has 0 saturated carbocycles. The molecule has 0 fully saturated rings. The predicted molar refractivity (Wildman–Crippen MR) is 342 cm³/mol. The normalized spacial score (nSPS) is 12.5. The van der Waals surface area contributed by atoms with E-state index in [1.54, 1.807) is 0 Å². The molecular formula is C79H52N2O. The molecule has 1 aliphatic carbocycles. The first-order valence-electron chi connectivity index (χ1n) is 28.2. The van der Waals surface area contributed by atoms with Crippen LogP contribution in [0.25, 0.3) is 105 Å². The molecule has 1 aliphatic rings. The van der Waals surface area contributed by atoms with Gasteiger partial charge in [-0.1, -0.05) is 231 Å². The third kappa shape index (κ3) is 7.59. The minimum atomic E-state index is -0.472. The van der Waals surface area contributed by atoms with Crippen molar-refractivity contribution in [3.05, 3.63) is 338 Å². The number of hydrogen-bond donors (Lipinski definition) is 0. The second kappa shape index (κ2) is 19.3. The van der Waals surface area contributed by atoms with E-state index < -0.39 is 5.41 Å². The van der Waals surface area contributed by atoms with Crippen LogP contribution in [-0.2, 0) is 5.41 Å². The summed E-state index contributed by atoms with van der Waals surface area (Å²) in [6.07, 6.45) is 0. The van der Waals surface area contributed by atoms with Gasteiger partial charge in [0.25, 0.3) is 0 Å². The molecule has 0 amide bonds. The molecule has 15 aromatic rings. The van der Waals surface area contributed by atoms with Crippen LogP contribution in [0.4, 0.5) is 17.1 Å². The second-order valence-corrected chi connectivity index (χ2v) is 21.5. The number of hydrogen-bond acceptors (Lipinski definition) is 2. The standard InChI is InChI=1S/C79H52N2O/c1-5-18-53(19-6-1)54-32-41-63(42-33-54)80(64-43-34-55(35-44-64)57-39-48-76-71(50-57)69-27-14-16-31-75(69)81(76)62-24-11-4-12-25-62)65-45-36-56(37-46-65)66-28-17-29-70-72-51-58(40-49-77(72)82-78(66)70)59-38-47-68-67-26-13-15-30-73(67)79(74(68)52-59,60-20-7-2-8-21-60)61-22-9-3-10-23-61/h1-52H. The van der Waals surface area contributed by atoms with E-state index in [9.17, 15) is 0 Å². The molecule has 0 aliphatic heterocycles. The van der Waals surface area contributed by atoms with E-state index in [1.165, 1.54) is 77.4 Å². The number of aromatic nitrogens is 1. The number of fused-ring (bicyclic) bond motifs is 9. The second-order valence-electron chi connectivity index (χ2n) is 21.5. The van der Waals surface area contributed by atoms with Gasteiger partial charge in [-0.3, -0.25) is 0 Å². The van der Waals surface area contributed by atoms with Crippen molar-refractivity contribution in [3.63, 3.8) is 0 Å². The molecule has 0 unspecified atom stereocenters. The summed E-state index contributed by atoms with van der Waals surface area (Å²) in [6, 6.07) is 115.